The molecule has 0 radical (unpaired) electrons. The number of hydrogen-bond acceptors (Lipinski definition) is 3. The molecule has 2 aromatic carbocycles. The lowest BCUT2D eigenvalue weighted by atomic mass is 10.1. The third-order valence-corrected chi connectivity index (χ3v) is 5.17. The van der Waals surface area contributed by atoms with Crippen LogP contribution in [0.1, 0.15) is 39.9 Å². The van der Waals surface area contributed by atoms with Gasteiger partial charge in [0.25, 0.3) is 5.91 Å². The van der Waals surface area contributed by atoms with E-state index in [1.54, 1.807) is 24.3 Å². The second kappa shape index (κ2) is 7.00. The molecule has 132 valence electrons. The number of rotatable bonds is 6. The molecule has 0 aliphatic heterocycles. The second-order valence-electron chi connectivity index (χ2n) is 6.92. The van der Waals surface area contributed by atoms with Crippen molar-refractivity contribution in [3.63, 3.8) is 0 Å². The summed E-state index contributed by atoms with van der Waals surface area (Å²) in [4.78, 5) is 14.9. The molecule has 0 unspecified atom stereocenters. The van der Waals surface area contributed by atoms with Crippen molar-refractivity contribution in [2.24, 2.45) is 0 Å². The molecule has 2 aromatic rings. The van der Waals surface area contributed by atoms with Gasteiger partial charge >= 0.3 is 0 Å². The zero-order valence-electron chi connectivity index (χ0n) is 14.6. The van der Waals surface area contributed by atoms with Crippen LogP contribution in [0.4, 0.5) is 0 Å². The fourth-order valence-electron chi connectivity index (χ4n) is 2.97. The summed E-state index contributed by atoms with van der Waals surface area (Å²) in [5.41, 5.74) is 3.63. The SMILES string of the molecule is Cc1cccc(CN(C(=O)c2ccc(CS(C)(=O)=O)cc2)C2CC2)c1. The van der Waals surface area contributed by atoms with Crippen molar-refractivity contribution in [2.75, 3.05) is 6.26 Å². The molecule has 25 heavy (non-hydrogen) atoms. The first-order chi connectivity index (χ1) is 11.8. The minimum Gasteiger partial charge on any atom is -0.331 e. The van der Waals surface area contributed by atoms with Crippen molar-refractivity contribution >= 4 is 15.7 Å². The van der Waals surface area contributed by atoms with Crippen LogP contribution in [-0.4, -0.2) is 31.5 Å². The fourth-order valence-corrected chi connectivity index (χ4v) is 3.77. The minimum absolute atomic E-state index is 0.00288. The van der Waals surface area contributed by atoms with Crippen LogP contribution in [0.15, 0.2) is 48.5 Å². The number of hydrogen-bond donors (Lipinski definition) is 0. The highest BCUT2D eigenvalue weighted by molar-refractivity contribution is 7.89. The van der Waals surface area contributed by atoms with E-state index in [1.165, 1.54) is 11.8 Å². The molecule has 0 N–H and O–H groups in total. The normalized spacial score (nSPS) is 14.3. The Bertz CT molecular complexity index is 868. The van der Waals surface area contributed by atoms with Crippen LogP contribution < -0.4 is 0 Å². The fraction of sp³-hybridized carbons (Fsp3) is 0.350. The molecule has 0 saturated heterocycles. The van der Waals surface area contributed by atoms with Gasteiger partial charge in [0.05, 0.1) is 5.75 Å². The van der Waals surface area contributed by atoms with Crippen LogP contribution in [0, 0.1) is 6.92 Å². The third kappa shape index (κ3) is 4.92. The van der Waals surface area contributed by atoms with Crippen LogP contribution in [0.5, 0.6) is 0 Å². The molecule has 1 saturated carbocycles. The van der Waals surface area contributed by atoms with Gasteiger partial charge in [-0.2, -0.15) is 0 Å². The molecule has 1 aliphatic rings. The summed E-state index contributed by atoms with van der Waals surface area (Å²) in [6.45, 7) is 2.66. The molecule has 1 fully saturated rings. The van der Waals surface area contributed by atoms with Crippen molar-refractivity contribution in [1.29, 1.82) is 0 Å². The summed E-state index contributed by atoms with van der Waals surface area (Å²) in [6, 6.07) is 15.4. The zero-order valence-corrected chi connectivity index (χ0v) is 15.4. The first-order valence-electron chi connectivity index (χ1n) is 8.45. The second-order valence-corrected chi connectivity index (χ2v) is 9.06. The van der Waals surface area contributed by atoms with E-state index >= 15 is 0 Å². The lowest BCUT2D eigenvalue weighted by Gasteiger charge is -2.23. The monoisotopic (exact) mass is 357 g/mol. The van der Waals surface area contributed by atoms with Gasteiger partial charge in [-0.25, -0.2) is 8.42 Å². The topological polar surface area (TPSA) is 54.5 Å². The van der Waals surface area contributed by atoms with E-state index < -0.39 is 9.84 Å². The van der Waals surface area contributed by atoms with Gasteiger partial charge in [0.1, 0.15) is 0 Å². The number of sulfone groups is 1. The summed E-state index contributed by atoms with van der Waals surface area (Å²) in [6.07, 6.45) is 3.30. The molecular weight excluding hydrogens is 334 g/mol. The van der Waals surface area contributed by atoms with Crippen molar-refractivity contribution < 1.29 is 13.2 Å². The van der Waals surface area contributed by atoms with Crippen molar-refractivity contribution in [3.8, 4) is 0 Å². The molecule has 5 heteroatoms. The van der Waals surface area contributed by atoms with Crippen LogP contribution in [-0.2, 0) is 22.1 Å². The van der Waals surface area contributed by atoms with Crippen molar-refractivity contribution in [2.45, 2.75) is 38.1 Å². The Morgan fingerprint density at radius 1 is 1.08 bits per heavy atom. The Labute approximate surface area is 149 Å². The van der Waals surface area contributed by atoms with E-state index in [4.69, 9.17) is 0 Å². The van der Waals surface area contributed by atoms with Gasteiger partial charge in [0, 0.05) is 24.4 Å². The standard InChI is InChI=1S/C20H23NO3S/c1-15-4-3-5-17(12-15)13-21(19-10-11-19)20(22)18-8-6-16(7-9-18)14-25(2,23)24/h3-9,12,19H,10-11,13-14H2,1-2H3. The quantitative estimate of drug-likeness (QED) is 0.797. The van der Waals surface area contributed by atoms with Crippen LogP contribution in [0.2, 0.25) is 0 Å². The molecule has 0 aromatic heterocycles. The highest BCUT2D eigenvalue weighted by Crippen LogP contribution is 2.30. The number of carbonyl (C=O) groups is 1. The molecule has 0 heterocycles. The molecule has 1 aliphatic carbocycles. The van der Waals surface area contributed by atoms with Gasteiger partial charge in [-0.3, -0.25) is 4.79 Å². The Morgan fingerprint density at radius 2 is 1.76 bits per heavy atom. The molecular formula is C20H23NO3S. The maximum atomic E-state index is 12.9. The van der Waals surface area contributed by atoms with Gasteiger partial charge in [-0.1, -0.05) is 42.0 Å². The Morgan fingerprint density at radius 3 is 2.32 bits per heavy atom. The Hall–Kier alpha value is -2.14. The first-order valence-corrected chi connectivity index (χ1v) is 10.5. The van der Waals surface area contributed by atoms with Gasteiger partial charge in [0.2, 0.25) is 0 Å². The predicted octanol–water partition coefficient (Wildman–Crippen LogP) is 3.34. The van der Waals surface area contributed by atoms with E-state index in [2.05, 4.69) is 6.07 Å². The van der Waals surface area contributed by atoms with E-state index in [9.17, 15) is 13.2 Å². The molecule has 0 spiro atoms. The van der Waals surface area contributed by atoms with Gasteiger partial charge < -0.3 is 4.90 Å². The number of nitrogens with zero attached hydrogens (tertiary/aromatic N) is 1. The maximum absolute atomic E-state index is 12.9. The maximum Gasteiger partial charge on any atom is 0.254 e. The lowest BCUT2D eigenvalue weighted by molar-refractivity contribution is 0.0730. The molecule has 0 atom stereocenters. The predicted molar refractivity (Wildman–Crippen MR) is 99.1 cm³/mol. The molecule has 3 rings (SSSR count). The number of aryl methyl sites for hydroxylation is 1. The summed E-state index contributed by atoms with van der Waals surface area (Å²) >= 11 is 0. The van der Waals surface area contributed by atoms with E-state index in [0.717, 1.165) is 18.4 Å². The smallest absolute Gasteiger partial charge is 0.254 e. The molecule has 1 amide bonds. The van der Waals surface area contributed by atoms with Gasteiger partial charge in [-0.15, -0.1) is 0 Å². The average molecular weight is 357 g/mol. The van der Waals surface area contributed by atoms with E-state index in [1.807, 2.05) is 30.0 Å². The number of amides is 1. The Balaban J connectivity index is 1.77. The third-order valence-electron chi connectivity index (χ3n) is 4.31. The van der Waals surface area contributed by atoms with Crippen molar-refractivity contribution in [3.05, 3.63) is 70.8 Å². The van der Waals surface area contributed by atoms with Crippen LogP contribution >= 0.6 is 0 Å². The van der Waals surface area contributed by atoms with Gasteiger partial charge in [0.15, 0.2) is 9.84 Å². The highest BCUT2D eigenvalue weighted by atomic mass is 32.2. The average Bonchev–Trinajstić information content (AvgIpc) is 3.36. The van der Waals surface area contributed by atoms with Crippen LogP contribution in [0.3, 0.4) is 0 Å². The number of carbonyl (C=O) groups excluding carboxylic acids is 1. The van der Waals surface area contributed by atoms with E-state index in [0.29, 0.717) is 23.7 Å². The first kappa shape index (κ1) is 17.7. The molecule has 4 nitrogen and oxygen atoms in total. The summed E-state index contributed by atoms with van der Waals surface area (Å²) in [7, 11) is -3.07. The Kier molecular flexibility index (Phi) is 4.95. The zero-order chi connectivity index (χ0) is 18.0. The summed E-state index contributed by atoms with van der Waals surface area (Å²) in [5.74, 6) is 0.00630. The minimum atomic E-state index is -3.07. The highest BCUT2D eigenvalue weighted by Gasteiger charge is 2.33. The van der Waals surface area contributed by atoms with Crippen LogP contribution in [0.25, 0.3) is 0 Å². The van der Waals surface area contributed by atoms with Gasteiger partial charge in [-0.05, 0) is 43.0 Å². The summed E-state index contributed by atoms with van der Waals surface area (Å²) in [5, 5.41) is 0. The van der Waals surface area contributed by atoms with E-state index in [-0.39, 0.29) is 11.7 Å². The molecule has 0 bridgehead atoms. The summed E-state index contributed by atoms with van der Waals surface area (Å²) < 4.78 is 22.8. The number of benzene rings is 2. The van der Waals surface area contributed by atoms with Crippen molar-refractivity contribution in [1.82, 2.24) is 4.90 Å². The largest absolute Gasteiger partial charge is 0.331 e. The lowest BCUT2D eigenvalue weighted by Crippen LogP contribution is -2.32.